The van der Waals surface area contributed by atoms with Crippen LogP contribution in [0.25, 0.3) is 0 Å². The fourth-order valence-corrected chi connectivity index (χ4v) is 3.89. The topological polar surface area (TPSA) is 44.4 Å². The third-order valence-corrected chi connectivity index (χ3v) is 5.14. The number of benzene rings is 1. The quantitative estimate of drug-likeness (QED) is 0.889. The van der Waals surface area contributed by atoms with Gasteiger partial charge in [0.15, 0.2) is 0 Å². The summed E-state index contributed by atoms with van der Waals surface area (Å²) in [6.45, 7) is 5.60. The van der Waals surface area contributed by atoms with Crippen LogP contribution in [0.2, 0.25) is 0 Å². The van der Waals surface area contributed by atoms with Crippen molar-refractivity contribution in [1.29, 1.82) is 0 Å². The fraction of sp³-hybridized carbons (Fsp3) is 0.632. The van der Waals surface area contributed by atoms with Crippen LogP contribution in [0.3, 0.4) is 0 Å². The summed E-state index contributed by atoms with van der Waals surface area (Å²) in [6, 6.07) is 7.52. The maximum atomic E-state index is 13.3. The standard InChI is InChI=1S/C19H28FN3O/c1-14-10-18(7-8-21-14)22-19(24)16-5-3-9-23(13-16)12-15-4-2-6-17(20)11-15/h2,4,6,11,14,16,18,21H,3,5,7-10,12-13H2,1H3,(H,22,24). The summed E-state index contributed by atoms with van der Waals surface area (Å²) in [5.41, 5.74) is 0.975. The smallest absolute Gasteiger partial charge is 0.224 e. The SMILES string of the molecule is CC1CC(NC(=O)C2CCCN(Cc3cccc(F)c3)C2)CCN1. The van der Waals surface area contributed by atoms with E-state index in [2.05, 4.69) is 22.5 Å². The minimum absolute atomic E-state index is 0.0532. The molecule has 2 aliphatic heterocycles. The normalized spacial score (nSPS) is 28.5. The van der Waals surface area contributed by atoms with Crippen LogP contribution in [0.15, 0.2) is 24.3 Å². The van der Waals surface area contributed by atoms with Crippen LogP contribution >= 0.6 is 0 Å². The molecule has 3 atom stereocenters. The molecule has 5 heteroatoms. The predicted octanol–water partition coefficient (Wildman–Crippen LogP) is 2.29. The number of nitrogens with zero attached hydrogens (tertiary/aromatic N) is 1. The number of piperidine rings is 2. The van der Waals surface area contributed by atoms with Gasteiger partial charge in [-0.05, 0) is 63.4 Å². The molecule has 3 rings (SSSR count). The summed E-state index contributed by atoms with van der Waals surface area (Å²) in [5, 5.41) is 6.66. The molecule has 0 bridgehead atoms. The van der Waals surface area contributed by atoms with Crippen molar-refractivity contribution in [3.63, 3.8) is 0 Å². The second kappa shape index (κ2) is 8.08. The number of carbonyl (C=O) groups excluding carboxylic acids is 1. The average Bonchev–Trinajstić information content (AvgIpc) is 2.55. The van der Waals surface area contributed by atoms with E-state index >= 15 is 0 Å². The Morgan fingerprint density at radius 2 is 2.29 bits per heavy atom. The monoisotopic (exact) mass is 333 g/mol. The molecule has 3 unspecified atom stereocenters. The molecule has 2 heterocycles. The molecule has 1 aromatic carbocycles. The van der Waals surface area contributed by atoms with E-state index in [1.165, 1.54) is 6.07 Å². The van der Waals surface area contributed by atoms with Crippen molar-refractivity contribution in [1.82, 2.24) is 15.5 Å². The zero-order valence-corrected chi connectivity index (χ0v) is 14.4. The Balaban J connectivity index is 1.52. The highest BCUT2D eigenvalue weighted by molar-refractivity contribution is 5.79. The molecule has 4 nitrogen and oxygen atoms in total. The van der Waals surface area contributed by atoms with Gasteiger partial charge in [-0.3, -0.25) is 9.69 Å². The molecular weight excluding hydrogens is 305 g/mol. The van der Waals surface area contributed by atoms with E-state index < -0.39 is 0 Å². The van der Waals surface area contributed by atoms with Gasteiger partial charge in [0, 0.05) is 25.2 Å². The van der Waals surface area contributed by atoms with Crippen molar-refractivity contribution in [2.45, 2.75) is 51.2 Å². The molecule has 132 valence electrons. The number of rotatable bonds is 4. The Hall–Kier alpha value is -1.46. The number of halogens is 1. The van der Waals surface area contributed by atoms with Gasteiger partial charge in [-0.25, -0.2) is 4.39 Å². The molecule has 1 amide bonds. The molecule has 0 radical (unpaired) electrons. The third kappa shape index (κ3) is 4.77. The number of likely N-dealkylation sites (tertiary alicyclic amines) is 1. The van der Waals surface area contributed by atoms with Gasteiger partial charge >= 0.3 is 0 Å². The van der Waals surface area contributed by atoms with Gasteiger partial charge in [0.25, 0.3) is 0 Å². The van der Waals surface area contributed by atoms with E-state index in [0.717, 1.165) is 50.9 Å². The van der Waals surface area contributed by atoms with E-state index in [1.807, 2.05) is 6.07 Å². The molecule has 24 heavy (non-hydrogen) atoms. The first-order valence-electron chi connectivity index (χ1n) is 9.10. The van der Waals surface area contributed by atoms with Crippen LogP contribution in [0.4, 0.5) is 4.39 Å². The maximum absolute atomic E-state index is 13.3. The second-order valence-corrected chi connectivity index (χ2v) is 7.29. The van der Waals surface area contributed by atoms with Crippen molar-refractivity contribution in [3.05, 3.63) is 35.6 Å². The molecule has 2 aliphatic rings. The van der Waals surface area contributed by atoms with Gasteiger partial charge in [-0.1, -0.05) is 12.1 Å². The zero-order chi connectivity index (χ0) is 16.9. The van der Waals surface area contributed by atoms with Crippen LogP contribution in [-0.2, 0) is 11.3 Å². The Morgan fingerprint density at radius 3 is 3.08 bits per heavy atom. The number of hydrogen-bond acceptors (Lipinski definition) is 3. The Labute approximate surface area is 143 Å². The van der Waals surface area contributed by atoms with E-state index in [-0.39, 0.29) is 17.6 Å². The molecule has 0 aliphatic carbocycles. The lowest BCUT2D eigenvalue weighted by atomic mass is 9.94. The molecule has 2 N–H and O–H groups in total. The van der Waals surface area contributed by atoms with E-state index in [9.17, 15) is 9.18 Å². The van der Waals surface area contributed by atoms with Crippen LogP contribution < -0.4 is 10.6 Å². The number of hydrogen-bond donors (Lipinski definition) is 2. The maximum Gasteiger partial charge on any atom is 0.224 e. The highest BCUT2D eigenvalue weighted by atomic mass is 19.1. The van der Waals surface area contributed by atoms with E-state index in [4.69, 9.17) is 0 Å². The van der Waals surface area contributed by atoms with Gasteiger partial charge in [-0.15, -0.1) is 0 Å². The van der Waals surface area contributed by atoms with Crippen molar-refractivity contribution in [2.24, 2.45) is 5.92 Å². The van der Waals surface area contributed by atoms with E-state index in [0.29, 0.717) is 18.6 Å². The first-order chi connectivity index (χ1) is 11.6. The molecule has 0 spiro atoms. The lowest BCUT2D eigenvalue weighted by Crippen LogP contribution is -2.50. The van der Waals surface area contributed by atoms with Crippen LogP contribution in [0, 0.1) is 11.7 Å². The molecule has 0 aromatic heterocycles. The largest absolute Gasteiger partial charge is 0.353 e. The molecule has 0 saturated carbocycles. The molecule has 1 aromatic rings. The van der Waals surface area contributed by atoms with Gasteiger partial charge in [0.1, 0.15) is 5.82 Å². The molecule has 2 saturated heterocycles. The van der Waals surface area contributed by atoms with Crippen molar-refractivity contribution >= 4 is 5.91 Å². The summed E-state index contributed by atoms with van der Waals surface area (Å²) < 4.78 is 13.3. The first kappa shape index (κ1) is 17.4. The fourth-order valence-electron chi connectivity index (χ4n) is 3.89. The average molecular weight is 333 g/mol. The lowest BCUT2D eigenvalue weighted by Gasteiger charge is -2.34. The minimum atomic E-state index is -0.196. The van der Waals surface area contributed by atoms with Crippen LogP contribution in [0.5, 0.6) is 0 Å². The van der Waals surface area contributed by atoms with Crippen molar-refractivity contribution in [3.8, 4) is 0 Å². The van der Waals surface area contributed by atoms with E-state index in [1.54, 1.807) is 12.1 Å². The number of nitrogens with one attached hydrogen (secondary N) is 2. The zero-order valence-electron chi connectivity index (χ0n) is 14.4. The summed E-state index contributed by atoms with van der Waals surface area (Å²) in [4.78, 5) is 14.9. The first-order valence-corrected chi connectivity index (χ1v) is 9.10. The highest BCUT2D eigenvalue weighted by Crippen LogP contribution is 2.20. The number of amides is 1. The van der Waals surface area contributed by atoms with Gasteiger partial charge in [0.05, 0.1) is 5.92 Å². The summed E-state index contributed by atoms with van der Waals surface area (Å²) in [5.74, 6) is 0.0503. The van der Waals surface area contributed by atoms with Gasteiger partial charge in [0.2, 0.25) is 5.91 Å². The lowest BCUT2D eigenvalue weighted by molar-refractivity contribution is -0.127. The number of carbonyl (C=O) groups is 1. The Kier molecular flexibility index (Phi) is 5.85. The van der Waals surface area contributed by atoms with Crippen molar-refractivity contribution < 1.29 is 9.18 Å². The van der Waals surface area contributed by atoms with Gasteiger partial charge in [-0.2, -0.15) is 0 Å². The van der Waals surface area contributed by atoms with Crippen LogP contribution in [0.1, 0.15) is 38.2 Å². The summed E-state index contributed by atoms with van der Waals surface area (Å²) in [7, 11) is 0. The molecular formula is C19H28FN3O. The van der Waals surface area contributed by atoms with Crippen molar-refractivity contribution in [2.75, 3.05) is 19.6 Å². The second-order valence-electron chi connectivity index (χ2n) is 7.29. The van der Waals surface area contributed by atoms with Gasteiger partial charge < -0.3 is 10.6 Å². The third-order valence-electron chi connectivity index (χ3n) is 5.14. The Bertz CT molecular complexity index is 565. The summed E-state index contributed by atoms with van der Waals surface area (Å²) in [6.07, 6.45) is 3.99. The highest BCUT2D eigenvalue weighted by Gasteiger charge is 2.28. The molecule has 2 fully saturated rings. The Morgan fingerprint density at radius 1 is 1.42 bits per heavy atom. The predicted molar refractivity (Wildman–Crippen MR) is 93.0 cm³/mol. The van der Waals surface area contributed by atoms with Crippen LogP contribution in [-0.4, -0.2) is 42.5 Å². The minimum Gasteiger partial charge on any atom is -0.353 e. The summed E-state index contributed by atoms with van der Waals surface area (Å²) >= 11 is 0.